The maximum atomic E-state index is 12.5. The lowest BCUT2D eigenvalue weighted by Gasteiger charge is -2.43. The molecule has 1 N–H and O–H groups in total. The minimum Gasteiger partial charge on any atom is -0.469 e. The van der Waals surface area contributed by atoms with E-state index < -0.39 is 41.1 Å². The number of hydrogen-bond donors (Lipinski definition) is 1. The molecule has 0 amide bonds. The molecule has 1 aromatic carbocycles. The van der Waals surface area contributed by atoms with Gasteiger partial charge in [0.05, 0.1) is 25.7 Å². The van der Waals surface area contributed by atoms with E-state index in [1.807, 2.05) is 0 Å². The maximum Gasteiger partial charge on any atom is 0.316 e. The SMILES string of the molecule is COC(=O)[C@H]1C(=O)C[C@](C)(O)[C@H](C(=O)OC)[C@@H]1c1cccc(Br)c1. The molecule has 0 unspecified atom stereocenters. The van der Waals surface area contributed by atoms with Crippen molar-refractivity contribution < 1.29 is 29.0 Å². The van der Waals surface area contributed by atoms with Gasteiger partial charge in [-0.1, -0.05) is 28.1 Å². The van der Waals surface area contributed by atoms with E-state index in [9.17, 15) is 19.5 Å². The Bertz CT molecular complexity index is 669. The number of ketones is 1. The van der Waals surface area contributed by atoms with Gasteiger partial charge in [-0.2, -0.15) is 0 Å². The van der Waals surface area contributed by atoms with Crippen molar-refractivity contribution in [2.24, 2.45) is 11.8 Å². The van der Waals surface area contributed by atoms with Crippen molar-refractivity contribution in [1.29, 1.82) is 0 Å². The normalized spacial score (nSPS) is 29.9. The number of carbonyl (C=O) groups is 3. The number of benzene rings is 1. The highest BCUT2D eigenvalue weighted by atomic mass is 79.9. The van der Waals surface area contributed by atoms with Gasteiger partial charge in [0.15, 0.2) is 5.78 Å². The third kappa shape index (κ3) is 3.37. The molecule has 0 aliphatic heterocycles. The van der Waals surface area contributed by atoms with Crippen LogP contribution in [0.2, 0.25) is 0 Å². The molecule has 1 fully saturated rings. The second-order valence-corrected chi connectivity index (χ2v) is 7.00. The topological polar surface area (TPSA) is 89.9 Å². The van der Waals surface area contributed by atoms with Crippen molar-refractivity contribution in [3.63, 3.8) is 0 Å². The molecular formula is C17H19BrO6. The lowest BCUT2D eigenvalue weighted by Crippen LogP contribution is -2.55. The molecule has 1 saturated carbocycles. The van der Waals surface area contributed by atoms with Gasteiger partial charge in [0.1, 0.15) is 5.92 Å². The number of aliphatic hydroxyl groups is 1. The van der Waals surface area contributed by atoms with Crippen LogP contribution < -0.4 is 0 Å². The van der Waals surface area contributed by atoms with Crippen LogP contribution in [-0.4, -0.2) is 42.6 Å². The van der Waals surface area contributed by atoms with Crippen LogP contribution in [0.25, 0.3) is 0 Å². The number of hydrogen-bond acceptors (Lipinski definition) is 6. The zero-order valence-corrected chi connectivity index (χ0v) is 15.2. The molecule has 130 valence electrons. The predicted octanol–water partition coefficient (Wildman–Crippen LogP) is 1.83. The third-order valence-corrected chi connectivity index (χ3v) is 4.90. The van der Waals surface area contributed by atoms with Gasteiger partial charge in [0.2, 0.25) is 0 Å². The summed E-state index contributed by atoms with van der Waals surface area (Å²) in [7, 11) is 2.40. The summed E-state index contributed by atoms with van der Waals surface area (Å²) < 4.78 is 10.3. The number of rotatable bonds is 3. The second-order valence-electron chi connectivity index (χ2n) is 6.08. The summed E-state index contributed by atoms with van der Waals surface area (Å²) in [6.07, 6.45) is -0.322. The largest absolute Gasteiger partial charge is 0.469 e. The van der Waals surface area contributed by atoms with Gasteiger partial charge < -0.3 is 14.6 Å². The van der Waals surface area contributed by atoms with Gasteiger partial charge in [-0.3, -0.25) is 14.4 Å². The highest BCUT2D eigenvalue weighted by molar-refractivity contribution is 9.10. The van der Waals surface area contributed by atoms with Crippen molar-refractivity contribution in [2.75, 3.05) is 14.2 Å². The Morgan fingerprint density at radius 1 is 1.25 bits per heavy atom. The molecule has 4 atom stereocenters. The molecule has 0 spiro atoms. The minimum atomic E-state index is -1.62. The van der Waals surface area contributed by atoms with E-state index >= 15 is 0 Å². The van der Waals surface area contributed by atoms with Crippen molar-refractivity contribution in [1.82, 2.24) is 0 Å². The number of halogens is 1. The Morgan fingerprint density at radius 2 is 1.88 bits per heavy atom. The zero-order chi connectivity index (χ0) is 18.1. The van der Waals surface area contributed by atoms with Crippen LogP contribution >= 0.6 is 15.9 Å². The Morgan fingerprint density at radius 3 is 2.42 bits per heavy atom. The van der Waals surface area contributed by atoms with E-state index in [0.29, 0.717) is 5.56 Å². The molecule has 0 bridgehead atoms. The van der Waals surface area contributed by atoms with Gasteiger partial charge in [-0.25, -0.2) is 0 Å². The van der Waals surface area contributed by atoms with Gasteiger partial charge in [-0.05, 0) is 24.6 Å². The van der Waals surface area contributed by atoms with Crippen LogP contribution in [0.3, 0.4) is 0 Å². The van der Waals surface area contributed by atoms with Gasteiger partial charge in [-0.15, -0.1) is 0 Å². The molecule has 1 aliphatic carbocycles. The maximum absolute atomic E-state index is 12.5. The fourth-order valence-corrected chi connectivity index (χ4v) is 3.80. The van der Waals surface area contributed by atoms with E-state index in [4.69, 9.17) is 9.47 Å². The summed E-state index contributed by atoms with van der Waals surface area (Å²) in [6.45, 7) is 1.41. The highest BCUT2D eigenvalue weighted by Gasteiger charge is 2.56. The molecule has 24 heavy (non-hydrogen) atoms. The van der Waals surface area contributed by atoms with Gasteiger partial charge >= 0.3 is 11.9 Å². The first-order chi connectivity index (χ1) is 11.2. The second kappa shape index (κ2) is 7.03. The fraction of sp³-hybridized carbons (Fsp3) is 0.471. The first kappa shape index (κ1) is 18.6. The minimum absolute atomic E-state index is 0.322. The van der Waals surface area contributed by atoms with E-state index in [-0.39, 0.29) is 6.42 Å². The summed E-state index contributed by atoms with van der Waals surface area (Å²) in [5.41, 5.74) is -1.05. The quantitative estimate of drug-likeness (QED) is 0.616. The first-order valence-corrected chi connectivity index (χ1v) is 8.18. The number of Topliss-reactive ketones (excluding diaryl/α,β-unsaturated/α-hetero) is 1. The molecule has 0 saturated heterocycles. The molecule has 6 nitrogen and oxygen atoms in total. The molecule has 0 radical (unpaired) electrons. The van der Waals surface area contributed by atoms with E-state index in [1.165, 1.54) is 21.1 Å². The average molecular weight is 399 g/mol. The molecule has 1 aromatic rings. The van der Waals surface area contributed by atoms with E-state index in [2.05, 4.69) is 15.9 Å². The monoisotopic (exact) mass is 398 g/mol. The molecule has 0 heterocycles. The Balaban J connectivity index is 2.65. The summed E-state index contributed by atoms with van der Waals surface area (Å²) in [5.74, 6) is -4.98. The Kier molecular flexibility index (Phi) is 5.45. The van der Waals surface area contributed by atoms with Crippen LogP contribution in [0.4, 0.5) is 0 Å². The van der Waals surface area contributed by atoms with Crippen molar-refractivity contribution in [3.8, 4) is 0 Å². The first-order valence-electron chi connectivity index (χ1n) is 7.39. The van der Waals surface area contributed by atoms with Gasteiger partial charge in [0, 0.05) is 16.8 Å². The van der Waals surface area contributed by atoms with E-state index in [0.717, 1.165) is 4.47 Å². The number of methoxy groups -OCH3 is 2. The molecular weight excluding hydrogens is 380 g/mol. The molecule has 0 aromatic heterocycles. The van der Waals surface area contributed by atoms with Crippen molar-refractivity contribution in [3.05, 3.63) is 34.3 Å². The number of carbonyl (C=O) groups excluding carboxylic acids is 3. The number of esters is 2. The fourth-order valence-electron chi connectivity index (χ4n) is 3.38. The van der Waals surface area contributed by atoms with Crippen LogP contribution in [0.1, 0.15) is 24.8 Å². The number of ether oxygens (including phenoxy) is 2. The van der Waals surface area contributed by atoms with Crippen LogP contribution in [-0.2, 0) is 23.9 Å². The highest BCUT2D eigenvalue weighted by Crippen LogP contribution is 2.46. The summed E-state index contributed by atoms with van der Waals surface area (Å²) in [4.78, 5) is 37.1. The lowest BCUT2D eigenvalue weighted by atomic mass is 9.62. The summed E-state index contributed by atoms with van der Waals surface area (Å²) in [5, 5.41) is 10.7. The zero-order valence-electron chi connectivity index (χ0n) is 13.6. The Hall–Kier alpha value is -1.73. The van der Waals surface area contributed by atoms with Crippen LogP contribution in [0, 0.1) is 11.8 Å². The smallest absolute Gasteiger partial charge is 0.316 e. The average Bonchev–Trinajstić information content (AvgIpc) is 2.52. The third-order valence-electron chi connectivity index (χ3n) is 4.41. The molecule has 1 aliphatic rings. The standard InChI is InChI=1S/C17H19BrO6/c1-17(22)8-11(19)13(15(20)23-2)12(14(17)16(21)24-3)9-5-4-6-10(18)7-9/h4-7,12-14,22H,8H2,1-3H3/t12-,13+,14+,17+/m1/s1. The summed E-state index contributed by atoms with van der Waals surface area (Å²) in [6, 6.07) is 6.93. The van der Waals surface area contributed by atoms with Crippen LogP contribution in [0.5, 0.6) is 0 Å². The van der Waals surface area contributed by atoms with Crippen LogP contribution in [0.15, 0.2) is 28.7 Å². The lowest BCUT2D eigenvalue weighted by molar-refractivity contribution is -0.170. The summed E-state index contributed by atoms with van der Waals surface area (Å²) >= 11 is 3.34. The van der Waals surface area contributed by atoms with Gasteiger partial charge in [0.25, 0.3) is 0 Å². The van der Waals surface area contributed by atoms with E-state index in [1.54, 1.807) is 24.3 Å². The predicted molar refractivity (Wildman–Crippen MR) is 88.1 cm³/mol. The van der Waals surface area contributed by atoms with Crippen molar-refractivity contribution in [2.45, 2.75) is 24.9 Å². The Labute approximate surface area is 148 Å². The van der Waals surface area contributed by atoms with Crippen molar-refractivity contribution >= 4 is 33.7 Å². The molecule has 7 heteroatoms. The molecule has 2 rings (SSSR count).